The molecule has 1 aliphatic heterocycles. The first kappa shape index (κ1) is 14.0. The van der Waals surface area contributed by atoms with E-state index in [0.29, 0.717) is 23.8 Å². The van der Waals surface area contributed by atoms with Gasteiger partial charge in [-0.2, -0.15) is 4.31 Å². The standard InChI is InChI=1S/C11H19N3O2S2/c1-12-9-10-3-4-11(17-10)18(15,16)14-7-5-13(2)6-8-14/h3-4,12H,5-9H2,1-2H3. The van der Waals surface area contributed by atoms with Crippen LogP contribution >= 0.6 is 11.3 Å². The molecule has 0 aliphatic carbocycles. The summed E-state index contributed by atoms with van der Waals surface area (Å²) in [7, 11) is 0.584. The number of nitrogens with one attached hydrogen (secondary N) is 1. The molecule has 5 nitrogen and oxygen atoms in total. The number of thiophene rings is 1. The molecule has 2 heterocycles. The zero-order chi connectivity index (χ0) is 13.2. The minimum Gasteiger partial charge on any atom is -0.315 e. The molecule has 0 radical (unpaired) electrons. The second-order valence-electron chi connectivity index (χ2n) is 4.46. The van der Waals surface area contributed by atoms with Crippen molar-refractivity contribution in [1.82, 2.24) is 14.5 Å². The van der Waals surface area contributed by atoms with Crippen molar-refractivity contribution in [2.75, 3.05) is 40.3 Å². The minimum absolute atomic E-state index is 0.456. The molecule has 0 aromatic carbocycles. The molecule has 1 aromatic rings. The fourth-order valence-corrected chi connectivity index (χ4v) is 4.87. The Morgan fingerprint density at radius 3 is 2.56 bits per heavy atom. The van der Waals surface area contributed by atoms with Gasteiger partial charge < -0.3 is 10.2 Å². The lowest BCUT2D eigenvalue weighted by molar-refractivity contribution is 0.222. The van der Waals surface area contributed by atoms with E-state index in [-0.39, 0.29) is 0 Å². The highest BCUT2D eigenvalue weighted by Crippen LogP contribution is 2.25. The normalized spacial score (nSPS) is 19.2. The maximum Gasteiger partial charge on any atom is 0.252 e. The Hall–Kier alpha value is -0.470. The Balaban J connectivity index is 2.14. The molecule has 0 bridgehead atoms. The van der Waals surface area contributed by atoms with Crippen molar-refractivity contribution in [3.63, 3.8) is 0 Å². The van der Waals surface area contributed by atoms with E-state index >= 15 is 0 Å². The first-order valence-electron chi connectivity index (χ1n) is 5.96. The average Bonchev–Trinajstić information content (AvgIpc) is 2.79. The Bertz CT molecular complexity index is 490. The summed E-state index contributed by atoms with van der Waals surface area (Å²) < 4.78 is 26.9. The van der Waals surface area contributed by atoms with E-state index in [4.69, 9.17) is 0 Å². The van der Waals surface area contributed by atoms with Crippen LogP contribution in [0.2, 0.25) is 0 Å². The quantitative estimate of drug-likeness (QED) is 0.872. The van der Waals surface area contributed by atoms with Gasteiger partial charge in [-0.05, 0) is 26.2 Å². The molecule has 0 unspecified atom stereocenters. The SMILES string of the molecule is CNCc1ccc(S(=O)(=O)N2CCN(C)CC2)s1. The van der Waals surface area contributed by atoms with Crippen LogP contribution < -0.4 is 5.32 Å². The molecule has 0 spiro atoms. The first-order valence-corrected chi connectivity index (χ1v) is 8.21. The predicted octanol–water partition coefficient (Wildman–Crippen LogP) is 0.404. The minimum atomic E-state index is -3.29. The van der Waals surface area contributed by atoms with Crippen molar-refractivity contribution >= 4 is 21.4 Å². The molecular weight excluding hydrogens is 270 g/mol. The zero-order valence-electron chi connectivity index (χ0n) is 10.7. The van der Waals surface area contributed by atoms with Crippen LogP contribution in [0, 0.1) is 0 Å². The molecule has 1 aliphatic rings. The topological polar surface area (TPSA) is 52.7 Å². The molecule has 0 saturated carbocycles. The first-order chi connectivity index (χ1) is 8.54. The van der Waals surface area contributed by atoms with E-state index in [0.717, 1.165) is 18.0 Å². The third-order valence-corrected chi connectivity index (χ3v) is 6.50. The second kappa shape index (κ2) is 5.66. The van der Waals surface area contributed by atoms with Crippen LogP contribution in [0.4, 0.5) is 0 Å². The number of nitrogens with zero attached hydrogens (tertiary/aromatic N) is 2. The van der Waals surface area contributed by atoms with Gasteiger partial charge in [0, 0.05) is 37.6 Å². The molecule has 1 fully saturated rings. The van der Waals surface area contributed by atoms with Gasteiger partial charge in [0.1, 0.15) is 4.21 Å². The predicted molar refractivity (Wildman–Crippen MR) is 73.3 cm³/mol. The molecule has 2 rings (SSSR count). The maximum absolute atomic E-state index is 12.4. The van der Waals surface area contributed by atoms with Crippen molar-refractivity contribution in [3.8, 4) is 0 Å². The third-order valence-electron chi connectivity index (χ3n) is 3.04. The van der Waals surface area contributed by atoms with Crippen LogP contribution in [-0.4, -0.2) is 57.9 Å². The van der Waals surface area contributed by atoms with E-state index in [2.05, 4.69) is 10.2 Å². The van der Waals surface area contributed by atoms with E-state index in [1.807, 2.05) is 20.2 Å². The zero-order valence-corrected chi connectivity index (χ0v) is 12.4. The van der Waals surface area contributed by atoms with Crippen molar-refractivity contribution in [2.24, 2.45) is 0 Å². The summed E-state index contributed by atoms with van der Waals surface area (Å²) in [6, 6.07) is 3.59. The van der Waals surface area contributed by atoms with E-state index in [9.17, 15) is 8.42 Å². The van der Waals surface area contributed by atoms with Gasteiger partial charge in [0.25, 0.3) is 10.0 Å². The second-order valence-corrected chi connectivity index (χ2v) is 7.79. The van der Waals surface area contributed by atoms with Crippen LogP contribution in [0.25, 0.3) is 0 Å². The molecule has 0 atom stereocenters. The number of piperazine rings is 1. The largest absolute Gasteiger partial charge is 0.315 e. The van der Waals surface area contributed by atoms with Gasteiger partial charge in [0.15, 0.2) is 0 Å². The summed E-state index contributed by atoms with van der Waals surface area (Å²) in [6.45, 7) is 3.47. The molecule has 0 amide bonds. The van der Waals surface area contributed by atoms with Gasteiger partial charge in [-0.15, -0.1) is 11.3 Å². The molecule has 7 heteroatoms. The molecule has 18 heavy (non-hydrogen) atoms. The van der Waals surface area contributed by atoms with Crippen LogP contribution in [0.5, 0.6) is 0 Å². The van der Waals surface area contributed by atoms with Gasteiger partial charge in [0.05, 0.1) is 0 Å². The molecule has 1 aromatic heterocycles. The van der Waals surface area contributed by atoms with Gasteiger partial charge in [-0.25, -0.2) is 8.42 Å². The summed E-state index contributed by atoms with van der Waals surface area (Å²) >= 11 is 1.35. The fraction of sp³-hybridized carbons (Fsp3) is 0.636. The van der Waals surface area contributed by atoms with E-state index in [1.54, 1.807) is 10.4 Å². The number of hydrogen-bond acceptors (Lipinski definition) is 5. The Morgan fingerprint density at radius 2 is 1.94 bits per heavy atom. The Labute approximate surface area is 112 Å². The highest BCUT2D eigenvalue weighted by Gasteiger charge is 2.28. The van der Waals surface area contributed by atoms with Gasteiger partial charge >= 0.3 is 0 Å². The van der Waals surface area contributed by atoms with E-state index < -0.39 is 10.0 Å². The van der Waals surface area contributed by atoms with Crippen LogP contribution in [-0.2, 0) is 16.6 Å². The number of likely N-dealkylation sites (N-methyl/N-ethyl adjacent to an activating group) is 1. The van der Waals surface area contributed by atoms with Gasteiger partial charge in [0.2, 0.25) is 0 Å². The third kappa shape index (κ3) is 2.92. The maximum atomic E-state index is 12.4. The Kier molecular flexibility index (Phi) is 4.39. The number of rotatable bonds is 4. The van der Waals surface area contributed by atoms with E-state index in [1.165, 1.54) is 11.3 Å². The van der Waals surface area contributed by atoms with Gasteiger partial charge in [-0.3, -0.25) is 0 Å². The lowest BCUT2D eigenvalue weighted by atomic mass is 10.4. The van der Waals surface area contributed by atoms with Crippen LogP contribution in [0.1, 0.15) is 4.88 Å². The molecule has 1 saturated heterocycles. The van der Waals surface area contributed by atoms with Crippen molar-refractivity contribution < 1.29 is 8.42 Å². The number of sulfonamides is 1. The summed E-state index contributed by atoms with van der Waals surface area (Å²) in [4.78, 5) is 3.19. The van der Waals surface area contributed by atoms with Crippen LogP contribution in [0.3, 0.4) is 0 Å². The highest BCUT2D eigenvalue weighted by atomic mass is 32.2. The molecule has 102 valence electrons. The van der Waals surface area contributed by atoms with Gasteiger partial charge in [-0.1, -0.05) is 0 Å². The van der Waals surface area contributed by atoms with Crippen LogP contribution in [0.15, 0.2) is 16.3 Å². The number of hydrogen-bond donors (Lipinski definition) is 1. The summed E-state index contributed by atoms with van der Waals surface area (Å²) in [5, 5.41) is 3.03. The summed E-state index contributed by atoms with van der Waals surface area (Å²) in [5.74, 6) is 0. The molecule has 1 N–H and O–H groups in total. The highest BCUT2D eigenvalue weighted by molar-refractivity contribution is 7.91. The Morgan fingerprint density at radius 1 is 1.28 bits per heavy atom. The molecular formula is C11H19N3O2S2. The average molecular weight is 289 g/mol. The van der Waals surface area contributed by atoms with Crippen molar-refractivity contribution in [3.05, 3.63) is 17.0 Å². The smallest absolute Gasteiger partial charge is 0.252 e. The van der Waals surface area contributed by atoms with Crippen molar-refractivity contribution in [2.45, 2.75) is 10.8 Å². The monoisotopic (exact) mass is 289 g/mol. The van der Waals surface area contributed by atoms with Crippen molar-refractivity contribution in [1.29, 1.82) is 0 Å². The lowest BCUT2D eigenvalue weighted by Gasteiger charge is -2.31. The summed E-state index contributed by atoms with van der Waals surface area (Å²) in [6.07, 6.45) is 0. The summed E-state index contributed by atoms with van der Waals surface area (Å²) in [5.41, 5.74) is 0. The fourth-order valence-electron chi connectivity index (χ4n) is 1.92. The lowest BCUT2D eigenvalue weighted by Crippen LogP contribution is -2.46.